The monoisotopic (exact) mass is 414 g/mol. The fourth-order valence-corrected chi connectivity index (χ4v) is 2.92. The van der Waals surface area contributed by atoms with Gasteiger partial charge >= 0.3 is 0 Å². The van der Waals surface area contributed by atoms with Gasteiger partial charge in [0.2, 0.25) is 0 Å². The van der Waals surface area contributed by atoms with Gasteiger partial charge in [0.25, 0.3) is 5.91 Å². The summed E-state index contributed by atoms with van der Waals surface area (Å²) in [5, 5.41) is 6.05. The van der Waals surface area contributed by atoms with Gasteiger partial charge in [-0.15, -0.1) is 0 Å². The molecule has 0 bridgehead atoms. The van der Waals surface area contributed by atoms with Gasteiger partial charge in [0.15, 0.2) is 11.7 Å². The van der Waals surface area contributed by atoms with Gasteiger partial charge in [-0.1, -0.05) is 45.6 Å². The van der Waals surface area contributed by atoms with E-state index in [4.69, 9.17) is 17.0 Å². The molecule has 4 nitrogen and oxygen atoms in total. The maximum absolute atomic E-state index is 11.9. The Balaban J connectivity index is 2.22. The predicted molar refractivity (Wildman–Crippen MR) is 107 cm³/mol. The fraction of sp³-hybridized carbons (Fsp3) is 0.556. The third-order valence-corrected chi connectivity index (χ3v) is 4.45. The number of amides is 1. The number of hydrogen-bond acceptors (Lipinski definition) is 3. The third kappa shape index (κ3) is 8.64. The van der Waals surface area contributed by atoms with Crippen molar-refractivity contribution in [2.24, 2.45) is 0 Å². The Hall–Kier alpha value is -1.14. The largest absolute Gasteiger partial charge is 0.483 e. The van der Waals surface area contributed by atoms with E-state index in [1.165, 1.54) is 31.2 Å². The van der Waals surface area contributed by atoms with Crippen LogP contribution in [0.5, 0.6) is 5.75 Å². The van der Waals surface area contributed by atoms with Gasteiger partial charge in [-0.3, -0.25) is 4.79 Å². The maximum Gasteiger partial charge on any atom is 0.264 e. The predicted octanol–water partition coefficient (Wildman–Crippen LogP) is 4.35. The van der Waals surface area contributed by atoms with Crippen LogP contribution in [-0.4, -0.2) is 24.2 Å². The highest BCUT2D eigenvalue weighted by atomic mass is 79.9. The molecule has 2 N–H and O–H groups in total. The number of carbonyl (C=O) groups excluding carboxylic acids is 1. The minimum absolute atomic E-state index is 0.0671. The Labute approximate surface area is 158 Å². The van der Waals surface area contributed by atoms with Crippen LogP contribution in [0.3, 0.4) is 0 Å². The van der Waals surface area contributed by atoms with Crippen LogP contribution in [-0.2, 0) is 11.2 Å². The van der Waals surface area contributed by atoms with Gasteiger partial charge in [-0.25, -0.2) is 0 Å². The lowest BCUT2D eigenvalue weighted by molar-refractivity contribution is -0.121. The smallest absolute Gasteiger partial charge is 0.264 e. The topological polar surface area (TPSA) is 50.4 Å². The van der Waals surface area contributed by atoms with Gasteiger partial charge in [0.1, 0.15) is 5.75 Å². The zero-order chi connectivity index (χ0) is 17.8. The first-order valence-corrected chi connectivity index (χ1v) is 9.75. The molecule has 1 amide bonds. The second kappa shape index (κ2) is 12.3. The van der Waals surface area contributed by atoms with Crippen LogP contribution in [0.15, 0.2) is 22.7 Å². The number of benzene rings is 1. The summed E-state index contributed by atoms with van der Waals surface area (Å²) in [4.78, 5) is 11.9. The molecule has 1 aromatic carbocycles. The number of unbranched alkanes of at least 4 members (excludes halogenated alkanes) is 4. The Morgan fingerprint density at radius 3 is 2.62 bits per heavy atom. The van der Waals surface area contributed by atoms with E-state index in [2.05, 4.69) is 40.4 Å². The molecule has 0 unspecified atom stereocenters. The highest BCUT2D eigenvalue weighted by Gasteiger charge is 2.08. The molecule has 0 saturated carbocycles. The summed E-state index contributed by atoms with van der Waals surface area (Å²) in [7, 11) is 0. The van der Waals surface area contributed by atoms with Gasteiger partial charge in [-0.2, -0.15) is 0 Å². The van der Waals surface area contributed by atoms with Crippen LogP contribution in [0.2, 0.25) is 0 Å². The molecule has 1 aromatic rings. The molecule has 0 spiro atoms. The van der Waals surface area contributed by atoms with Crippen LogP contribution in [0.25, 0.3) is 0 Å². The molecule has 0 aliphatic rings. The summed E-state index contributed by atoms with van der Waals surface area (Å²) < 4.78 is 6.37. The first-order valence-electron chi connectivity index (χ1n) is 8.55. The van der Waals surface area contributed by atoms with Gasteiger partial charge in [-0.05, 0) is 58.7 Å². The van der Waals surface area contributed by atoms with Gasteiger partial charge in [0.05, 0.1) is 4.47 Å². The lowest BCUT2D eigenvalue weighted by Gasteiger charge is -2.11. The van der Waals surface area contributed by atoms with Crippen LogP contribution in [0.4, 0.5) is 0 Å². The molecule has 0 heterocycles. The van der Waals surface area contributed by atoms with Gasteiger partial charge < -0.3 is 15.4 Å². The minimum atomic E-state index is -0.259. The summed E-state index contributed by atoms with van der Waals surface area (Å²) in [5.41, 5.74) is 1.21. The zero-order valence-electron chi connectivity index (χ0n) is 14.5. The van der Waals surface area contributed by atoms with E-state index in [9.17, 15) is 4.79 Å². The van der Waals surface area contributed by atoms with Crippen molar-refractivity contribution in [2.45, 2.75) is 52.4 Å². The van der Waals surface area contributed by atoms with Crippen LogP contribution >= 0.6 is 28.1 Å². The van der Waals surface area contributed by atoms with Crippen molar-refractivity contribution >= 4 is 39.2 Å². The molecule has 1 rings (SSSR count). The number of halogens is 1. The zero-order valence-corrected chi connectivity index (χ0v) is 16.9. The van der Waals surface area contributed by atoms with E-state index in [0.717, 1.165) is 23.9 Å². The molecule has 0 atom stereocenters. The number of rotatable bonds is 10. The highest BCUT2D eigenvalue weighted by Crippen LogP contribution is 2.26. The first-order chi connectivity index (χ1) is 11.6. The molecule has 0 aromatic heterocycles. The summed E-state index contributed by atoms with van der Waals surface area (Å²) in [6.07, 6.45) is 6.95. The van der Waals surface area contributed by atoms with Crippen molar-refractivity contribution < 1.29 is 9.53 Å². The molecule has 0 aliphatic carbocycles. The van der Waals surface area contributed by atoms with Crippen molar-refractivity contribution in [2.75, 3.05) is 13.2 Å². The van der Waals surface area contributed by atoms with Crippen molar-refractivity contribution in [3.05, 3.63) is 28.2 Å². The highest BCUT2D eigenvalue weighted by molar-refractivity contribution is 9.10. The quantitative estimate of drug-likeness (QED) is 0.441. The first kappa shape index (κ1) is 20.9. The number of carbonyl (C=O) groups is 1. The molecule has 24 heavy (non-hydrogen) atoms. The second-order valence-electron chi connectivity index (χ2n) is 5.63. The number of ether oxygens (including phenoxy) is 1. The molecule has 0 radical (unpaired) electrons. The molecule has 6 heteroatoms. The Bertz CT molecular complexity index is 538. The molecule has 0 fully saturated rings. The van der Waals surface area contributed by atoms with Crippen LogP contribution < -0.4 is 15.4 Å². The average molecular weight is 415 g/mol. The number of aryl methyl sites for hydroxylation is 1. The number of nitrogens with one attached hydrogen (secondary N) is 2. The standard InChI is InChI=1S/C18H27BrN2O2S/c1-3-5-6-7-8-11-20-18(24)21-17(22)13-23-16-10-9-14(4-2)12-15(16)19/h9-10,12H,3-8,11,13H2,1-2H3,(H2,20,21,22,24). The molecule has 0 aliphatic heterocycles. The lowest BCUT2D eigenvalue weighted by atomic mass is 10.1. The summed E-state index contributed by atoms with van der Waals surface area (Å²) in [6.45, 7) is 5.01. The van der Waals surface area contributed by atoms with Crippen molar-refractivity contribution in [1.82, 2.24) is 10.6 Å². The van der Waals surface area contributed by atoms with Crippen molar-refractivity contribution in [1.29, 1.82) is 0 Å². The molecule has 134 valence electrons. The summed E-state index contributed by atoms with van der Waals surface area (Å²) in [6, 6.07) is 5.85. The molecule has 0 saturated heterocycles. The van der Waals surface area contributed by atoms with E-state index in [1.54, 1.807) is 0 Å². The maximum atomic E-state index is 11.9. The Kier molecular flexibility index (Phi) is 10.7. The number of thiocarbonyl (C=S) groups is 1. The Morgan fingerprint density at radius 2 is 1.96 bits per heavy atom. The minimum Gasteiger partial charge on any atom is -0.483 e. The van der Waals surface area contributed by atoms with Gasteiger partial charge in [0, 0.05) is 6.54 Å². The second-order valence-corrected chi connectivity index (χ2v) is 6.89. The van der Waals surface area contributed by atoms with E-state index >= 15 is 0 Å². The van der Waals surface area contributed by atoms with Crippen LogP contribution in [0.1, 0.15) is 51.5 Å². The van der Waals surface area contributed by atoms with E-state index in [1.807, 2.05) is 18.2 Å². The lowest BCUT2D eigenvalue weighted by Crippen LogP contribution is -2.41. The fourth-order valence-electron chi connectivity index (χ4n) is 2.16. The van der Waals surface area contributed by atoms with Crippen molar-refractivity contribution in [3.63, 3.8) is 0 Å². The van der Waals surface area contributed by atoms with Crippen molar-refractivity contribution in [3.8, 4) is 5.75 Å². The third-order valence-electron chi connectivity index (χ3n) is 3.58. The Morgan fingerprint density at radius 1 is 1.21 bits per heavy atom. The molecular formula is C18H27BrN2O2S. The summed E-state index contributed by atoms with van der Waals surface area (Å²) >= 11 is 8.57. The summed E-state index contributed by atoms with van der Waals surface area (Å²) in [5.74, 6) is 0.391. The number of hydrogen-bond donors (Lipinski definition) is 2. The molecular weight excluding hydrogens is 388 g/mol. The van der Waals surface area contributed by atoms with E-state index < -0.39 is 0 Å². The average Bonchev–Trinajstić information content (AvgIpc) is 2.56. The van der Waals surface area contributed by atoms with Crippen LogP contribution in [0, 0.1) is 0 Å². The van der Waals surface area contributed by atoms with E-state index in [0.29, 0.717) is 10.9 Å². The normalized spacial score (nSPS) is 10.3. The SMILES string of the molecule is CCCCCCCNC(=S)NC(=O)COc1ccc(CC)cc1Br. The van der Waals surface area contributed by atoms with E-state index in [-0.39, 0.29) is 12.5 Å².